The zero-order valence-corrected chi connectivity index (χ0v) is 13.8. The van der Waals surface area contributed by atoms with E-state index < -0.39 is 5.54 Å². The van der Waals surface area contributed by atoms with Gasteiger partial charge in [-0.25, -0.2) is 4.98 Å². The molecule has 0 radical (unpaired) electrons. The summed E-state index contributed by atoms with van der Waals surface area (Å²) in [7, 11) is 0. The highest BCUT2D eigenvalue weighted by Crippen LogP contribution is 2.32. The van der Waals surface area contributed by atoms with Crippen molar-refractivity contribution < 1.29 is 14.7 Å². The maximum Gasteiger partial charge on any atom is 0.271 e. The molecule has 3 N–H and O–H groups in total. The molecule has 7 heteroatoms. The van der Waals surface area contributed by atoms with Crippen LogP contribution in [0.15, 0.2) is 5.38 Å². The van der Waals surface area contributed by atoms with Gasteiger partial charge in [0.25, 0.3) is 5.91 Å². The molecule has 1 aliphatic carbocycles. The zero-order valence-electron chi connectivity index (χ0n) is 13.0. The molecule has 2 amide bonds. The summed E-state index contributed by atoms with van der Waals surface area (Å²) in [4.78, 5) is 27.5. The lowest BCUT2D eigenvalue weighted by Crippen LogP contribution is -2.54. The first-order valence-corrected chi connectivity index (χ1v) is 8.49. The van der Waals surface area contributed by atoms with Gasteiger partial charge in [-0.1, -0.05) is 19.3 Å². The van der Waals surface area contributed by atoms with E-state index in [0.29, 0.717) is 5.13 Å². The predicted molar refractivity (Wildman–Crippen MR) is 85.9 cm³/mol. The highest BCUT2D eigenvalue weighted by atomic mass is 32.1. The molecule has 1 aromatic rings. The molecule has 0 aromatic carbocycles. The molecule has 0 unspecified atom stereocenters. The third-order valence-electron chi connectivity index (χ3n) is 4.25. The van der Waals surface area contributed by atoms with Gasteiger partial charge in [0.05, 0.1) is 12.1 Å². The smallest absolute Gasteiger partial charge is 0.271 e. The Morgan fingerprint density at radius 1 is 1.41 bits per heavy atom. The van der Waals surface area contributed by atoms with Gasteiger partial charge in [-0.2, -0.15) is 0 Å². The molecule has 1 atom stereocenters. The molecule has 0 spiro atoms. The SMILES string of the molecule is CC(=O)Nc1nc(C(=O)N[C@@](C)(CO)C2CCCCC2)cs1. The number of thiazole rings is 1. The number of aliphatic hydroxyl groups is 1. The first kappa shape index (κ1) is 16.9. The van der Waals surface area contributed by atoms with Gasteiger partial charge in [0, 0.05) is 12.3 Å². The van der Waals surface area contributed by atoms with Crippen molar-refractivity contribution in [1.82, 2.24) is 10.3 Å². The lowest BCUT2D eigenvalue weighted by atomic mass is 9.76. The summed E-state index contributed by atoms with van der Waals surface area (Å²) < 4.78 is 0. The van der Waals surface area contributed by atoms with E-state index in [-0.39, 0.29) is 30.0 Å². The fraction of sp³-hybridized carbons (Fsp3) is 0.667. The molecule has 2 rings (SSSR count). The number of aliphatic hydroxyl groups excluding tert-OH is 1. The minimum Gasteiger partial charge on any atom is -0.394 e. The van der Waals surface area contributed by atoms with Crippen LogP contribution in [0, 0.1) is 5.92 Å². The van der Waals surface area contributed by atoms with Gasteiger partial charge in [0.15, 0.2) is 5.13 Å². The summed E-state index contributed by atoms with van der Waals surface area (Å²) in [6.07, 6.45) is 5.54. The summed E-state index contributed by atoms with van der Waals surface area (Å²) in [5.41, 5.74) is -0.362. The molecule has 0 aliphatic heterocycles. The number of rotatable bonds is 5. The van der Waals surface area contributed by atoms with Crippen molar-refractivity contribution in [3.05, 3.63) is 11.1 Å². The van der Waals surface area contributed by atoms with Crippen molar-refractivity contribution in [3.63, 3.8) is 0 Å². The summed E-state index contributed by atoms with van der Waals surface area (Å²) >= 11 is 1.21. The van der Waals surface area contributed by atoms with Crippen LogP contribution in [0.25, 0.3) is 0 Å². The van der Waals surface area contributed by atoms with Gasteiger partial charge in [0.2, 0.25) is 5.91 Å². The largest absolute Gasteiger partial charge is 0.394 e. The predicted octanol–water partition coefficient (Wildman–Crippen LogP) is 2.16. The van der Waals surface area contributed by atoms with Crippen LogP contribution in [0.5, 0.6) is 0 Å². The Kier molecular flexibility index (Phi) is 5.52. The Morgan fingerprint density at radius 2 is 2.09 bits per heavy atom. The molecular weight excluding hydrogens is 302 g/mol. The monoisotopic (exact) mass is 325 g/mol. The topological polar surface area (TPSA) is 91.3 Å². The fourth-order valence-electron chi connectivity index (χ4n) is 2.92. The molecule has 22 heavy (non-hydrogen) atoms. The second-order valence-electron chi connectivity index (χ2n) is 6.08. The summed E-state index contributed by atoms with van der Waals surface area (Å²) in [5.74, 6) is -0.248. The van der Waals surface area contributed by atoms with E-state index in [2.05, 4.69) is 15.6 Å². The van der Waals surface area contributed by atoms with Crippen LogP contribution >= 0.6 is 11.3 Å². The van der Waals surface area contributed by atoms with E-state index in [1.165, 1.54) is 24.7 Å². The van der Waals surface area contributed by atoms with E-state index in [1.54, 1.807) is 5.38 Å². The average Bonchev–Trinajstić information content (AvgIpc) is 2.96. The van der Waals surface area contributed by atoms with E-state index in [4.69, 9.17) is 0 Å². The summed E-state index contributed by atoms with van der Waals surface area (Å²) in [6, 6.07) is 0. The third kappa shape index (κ3) is 4.04. The minimum absolute atomic E-state index is 0.0912. The Hall–Kier alpha value is -1.47. The number of amides is 2. The molecule has 0 bridgehead atoms. The van der Waals surface area contributed by atoms with Gasteiger partial charge < -0.3 is 15.7 Å². The number of hydrogen-bond donors (Lipinski definition) is 3. The van der Waals surface area contributed by atoms with Crippen molar-refractivity contribution >= 4 is 28.3 Å². The number of nitrogens with one attached hydrogen (secondary N) is 2. The van der Waals surface area contributed by atoms with Crippen LogP contribution in [0.4, 0.5) is 5.13 Å². The second-order valence-corrected chi connectivity index (χ2v) is 6.94. The van der Waals surface area contributed by atoms with E-state index in [9.17, 15) is 14.7 Å². The minimum atomic E-state index is -0.630. The fourth-order valence-corrected chi connectivity index (χ4v) is 3.66. The van der Waals surface area contributed by atoms with Crippen molar-refractivity contribution in [2.24, 2.45) is 5.92 Å². The number of carbonyl (C=O) groups is 2. The zero-order chi connectivity index (χ0) is 16.2. The van der Waals surface area contributed by atoms with Gasteiger partial charge in [0.1, 0.15) is 5.69 Å². The Labute approximate surface area is 134 Å². The molecule has 0 saturated heterocycles. The number of nitrogens with zero attached hydrogens (tertiary/aromatic N) is 1. The van der Waals surface area contributed by atoms with Crippen molar-refractivity contribution in [2.45, 2.75) is 51.5 Å². The molecule has 122 valence electrons. The van der Waals surface area contributed by atoms with E-state index in [1.807, 2.05) is 6.92 Å². The Morgan fingerprint density at radius 3 is 2.68 bits per heavy atom. The maximum absolute atomic E-state index is 12.4. The maximum atomic E-state index is 12.4. The van der Waals surface area contributed by atoms with E-state index in [0.717, 1.165) is 25.7 Å². The molecule has 1 fully saturated rings. The summed E-state index contributed by atoms with van der Waals surface area (Å²) in [5, 5.41) is 17.3. The third-order valence-corrected chi connectivity index (χ3v) is 5.01. The standard InChI is InChI=1S/C15H23N3O3S/c1-10(20)16-14-17-12(8-22-14)13(21)18-15(2,9-19)11-6-4-3-5-7-11/h8,11,19H,3-7,9H2,1-2H3,(H,18,21)(H,16,17,20)/t15-/m0/s1. The van der Waals surface area contributed by atoms with Gasteiger partial charge in [-0.15, -0.1) is 11.3 Å². The first-order chi connectivity index (χ1) is 10.4. The first-order valence-electron chi connectivity index (χ1n) is 7.61. The van der Waals surface area contributed by atoms with Gasteiger partial charge in [-0.05, 0) is 25.7 Å². The Balaban J connectivity index is 2.04. The highest BCUT2D eigenvalue weighted by Gasteiger charge is 2.36. The summed E-state index contributed by atoms with van der Waals surface area (Å²) in [6.45, 7) is 3.20. The molecule has 1 saturated carbocycles. The van der Waals surface area contributed by atoms with Crippen LogP contribution in [-0.4, -0.2) is 34.1 Å². The van der Waals surface area contributed by atoms with E-state index >= 15 is 0 Å². The lowest BCUT2D eigenvalue weighted by molar-refractivity contribution is -0.114. The van der Waals surface area contributed by atoms with Crippen molar-refractivity contribution in [3.8, 4) is 0 Å². The normalized spacial score (nSPS) is 18.5. The van der Waals surface area contributed by atoms with Gasteiger partial charge in [-0.3, -0.25) is 9.59 Å². The number of carbonyl (C=O) groups excluding carboxylic acids is 2. The molecular formula is C15H23N3O3S. The van der Waals surface area contributed by atoms with Crippen LogP contribution in [0.2, 0.25) is 0 Å². The van der Waals surface area contributed by atoms with Crippen molar-refractivity contribution in [1.29, 1.82) is 0 Å². The van der Waals surface area contributed by atoms with Crippen LogP contribution in [0.3, 0.4) is 0 Å². The molecule has 1 aromatic heterocycles. The van der Waals surface area contributed by atoms with Crippen LogP contribution in [-0.2, 0) is 4.79 Å². The van der Waals surface area contributed by atoms with Crippen molar-refractivity contribution in [2.75, 3.05) is 11.9 Å². The lowest BCUT2D eigenvalue weighted by Gasteiger charge is -2.39. The van der Waals surface area contributed by atoms with Gasteiger partial charge >= 0.3 is 0 Å². The average molecular weight is 325 g/mol. The van der Waals surface area contributed by atoms with Crippen LogP contribution in [0.1, 0.15) is 56.4 Å². The Bertz CT molecular complexity index is 540. The van der Waals surface area contributed by atoms with Crippen LogP contribution < -0.4 is 10.6 Å². The molecule has 1 aliphatic rings. The number of anilines is 1. The molecule has 6 nitrogen and oxygen atoms in total. The molecule has 1 heterocycles. The number of hydrogen-bond acceptors (Lipinski definition) is 5. The quantitative estimate of drug-likeness (QED) is 0.773. The highest BCUT2D eigenvalue weighted by molar-refractivity contribution is 7.14. The number of aromatic nitrogens is 1. The second kappa shape index (κ2) is 7.19.